The minimum Gasteiger partial charge on any atom is -0.394 e. The molecule has 0 unspecified atom stereocenters. The quantitative estimate of drug-likeness (QED) is 0.0396. The van der Waals surface area contributed by atoms with E-state index in [0.29, 0.717) is 13.0 Å². The first-order valence-corrected chi connectivity index (χ1v) is 23.3. The molecular formula is C45H89N3O6. The van der Waals surface area contributed by atoms with Crippen molar-refractivity contribution in [2.75, 3.05) is 26.7 Å². The van der Waals surface area contributed by atoms with E-state index in [1.165, 1.54) is 161 Å². The average Bonchev–Trinajstić information content (AvgIpc) is 3.16. The molecule has 0 spiro atoms. The van der Waals surface area contributed by atoms with Gasteiger partial charge in [0.25, 0.3) is 0 Å². The van der Waals surface area contributed by atoms with Crippen molar-refractivity contribution in [1.29, 1.82) is 0 Å². The molecule has 320 valence electrons. The third kappa shape index (κ3) is 25.1. The molecule has 0 aromatic carbocycles. The zero-order chi connectivity index (χ0) is 39.5. The highest BCUT2D eigenvalue weighted by Gasteiger charge is 2.48. The average molecular weight is 768 g/mol. The maximum atomic E-state index is 13.8. The molecule has 5 atom stereocenters. The molecule has 0 aromatic heterocycles. The van der Waals surface area contributed by atoms with Crippen LogP contribution in [0.5, 0.6) is 0 Å². The van der Waals surface area contributed by atoms with Gasteiger partial charge in [0.15, 0.2) is 6.23 Å². The van der Waals surface area contributed by atoms with E-state index < -0.39 is 37.2 Å². The number of rotatable bonds is 38. The number of carbonyl (C=O) groups excluding carboxylic acids is 2. The zero-order valence-electron chi connectivity index (χ0n) is 35.6. The molecule has 5 N–H and O–H groups in total. The van der Waals surface area contributed by atoms with Gasteiger partial charge in [-0.05, 0) is 19.9 Å². The Kier molecular flexibility index (Phi) is 33.9. The highest BCUT2D eigenvalue weighted by molar-refractivity contribution is 5.79. The Hall–Kier alpha value is -1.26. The Labute approximate surface area is 332 Å². The molecule has 0 aliphatic carbocycles. The molecule has 1 aliphatic heterocycles. The molecule has 0 bridgehead atoms. The van der Waals surface area contributed by atoms with Crippen molar-refractivity contribution in [2.24, 2.45) is 0 Å². The highest BCUT2D eigenvalue weighted by atomic mass is 16.5. The van der Waals surface area contributed by atoms with E-state index in [9.17, 15) is 24.9 Å². The summed E-state index contributed by atoms with van der Waals surface area (Å²) in [6.45, 7) is 4.52. The van der Waals surface area contributed by atoms with Gasteiger partial charge in [-0.15, -0.1) is 0 Å². The SMILES string of the molecule is CCCCCCCCCCCCCCCCCCN(C(=O)CCCCCCCCCCCCCCCCC)[C@@H]1O[C@H](CO)[C@@H](O)[C@H](O)[C@H]1NC(=O)CNC. The van der Waals surface area contributed by atoms with Gasteiger partial charge >= 0.3 is 0 Å². The minimum atomic E-state index is -1.38. The van der Waals surface area contributed by atoms with Crippen LogP contribution in [0.2, 0.25) is 0 Å². The number of amides is 2. The third-order valence-corrected chi connectivity index (χ3v) is 11.4. The molecule has 9 heteroatoms. The van der Waals surface area contributed by atoms with Crippen LogP contribution in [0.3, 0.4) is 0 Å². The summed E-state index contributed by atoms with van der Waals surface area (Å²) in [4.78, 5) is 28.1. The van der Waals surface area contributed by atoms with Crippen molar-refractivity contribution in [3.63, 3.8) is 0 Å². The Morgan fingerprint density at radius 3 is 1.30 bits per heavy atom. The Balaban J connectivity index is 2.52. The van der Waals surface area contributed by atoms with Crippen LogP contribution in [-0.2, 0) is 14.3 Å². The van der Waals surface area contributed by atoms with Crippen LogP contribution in [-0.4, -0.2) is 89.4 Å². The molecule has 0 aromatic rings. The predicted octanol–water partition coefficient (Wildman–Crippen LogP) is 9.48. The molecule has 9 nitrogen and oxygen atoms in total. The lowest BCUT2D eigenvalue weighted by Crippen LogP contribution is -2.69. The number of likely N-dealkylation sites (N-methyl/N-ethyl adjacent to an activating group) is 1. The zero-order valence-corrected chi connectivity index (χ0v) is 35.6. The first-order chi connectivity index (χ1) is 26.4. The Morgan fingerprint density at radius 2 is 0.926 bits per heavy atom. The van der Waals surface area contributed by atoms with E-state index in [4.69, 9.17) is 4.74 Å². The third-order valence-electron chi connectivity index (χ3n) is 11.4. The number of nitrogens with zero attached hydrogens (tertiary/aromatic N) is 1. The van der Waals surface area contributed by atoms with Crippen molar-refractivity contribution in [2.45, 2.75) is 250 Å². The van der Waals surface area contributed by atoms with Gasteiger partial charge in [-0.2, -0.15) is 0 Å². The second-order valence-corrected chi connectivity index (χ2v) is 16.4. The van der Waals surface area contributed by atoms with E-state index >= 15 is 0 Å². The number of ether oxygens (including phenoxy) is 1. The predicted molar refractivity (Wildman–Crippen MR) is 224 cm³/mol. The van der Waals surface area contributed by atoms with E-state index in [0.717, 1.165) is 38.5 Å². The highest BCUT2D eigenvalue weighted by Crippen LogP contribution is 2.26. The summed E-state index contributed by atoms with van der Waals surface area (Å²) in [5.74, 6) is -0.425. The normalized spacial score (nSPS) is 20.0. The second-order valence-electron chi connectivity index (χ2n) is 16.4. The topological polar surface area (TPSA) is 131 Å². The second kappa shape index (κ2) is 36.1. The van der Waals surface area contributed by atoms with Crippen LogP contribution in [0.4, 0.5) is 0 Å². The number of carbonyl (C=O) groups is 2. The van der Waals surface area contributed by atoms with Crippen LogP contribution in [0.25, 0.3) is 0 Å². The molecule has 54 heavy (non-hydrogen) atoms. The fraction of sp³-hybridized carbons (Fsp3) is 0.956. The fourth-order valence-electron chi connectivity index (χ4n) is 7.93. The number of aliphatic hydroxyl groups is 3. The maximum Gasteiger partial charge on any atom is 0.234 e. The number of hydrogen-bond acceptors (Lipinski definition) is 7. The number of unbranched alkanes of at least 4 members (excludes halogenated alkanes) is 29. The lowest BCUT2D eigenvalue weighted by molar-refractivity contribution is -0.231. The van der Waals surface area contributed by atoms with E-state index in [1.807, 2.05) is 0 Å². The number of hydrogen-bond donors (Lipinski definition) is 5. The van der Waals surface area contributed by atoms with Crippen molar-refractivity contribution in [3.05, 3.63) is 0 Å². The van der Waals surface area contributed by atoms with E-state index in [2.05, 4.69) is 24.5 Å². The van der Waals surface area contributed by atoms with Crippen molar-refractivity contribution < 1.29 is 29.6 Å². The van der Waals surface area contributed by atoms with Crippen LogP contribution in [0.15, 0.2) is 0 Å². The lowest BCUT2D eigenvalue weighted by Gasteiger charge is -2.47. The van der Waals surface area contributed by atoms with Crippen molar-refractivity contribution >= 4 is 11.8 Å². The summed E-state index contributed by atoms with van der Waals surface area (Å²) >= 11 is 0. The molecular weight excluding hydrogens is 679 g/mol. The summed E-state index contributed by atoms with van der Waals surface area (Å²) in [6, 6.07) is -1.00. The summed E-state index contributed by atoms with van der Waals surface area (Å²) in [6.07, 6.45) is 34.7. The van der Waals surface area contributed by atoms with Gasteiger partial charge in [0.05, 0.1) is 13.2 Å². The monoisotopic (exact) mass is 768 g/mol. The lowest BCUT2D eigenvalue weighted by atomic mass is 9.94. The molecule has 1 fully saturated rings. The molecule has 0 radical (unpaired) electrons. The first-order valence-electron chi connectivity index (χ1n) is 23.3. The van der Waals surface area contributed by atoms with E-state index in [1.54, 1.807) is 11.9 Å². The number of aliphatic hydroxyl groups excluding tert-OH is 3. The van der Waals surface area contributed by atoms with Crippen LogP contribution in [0.1, 0.15) is 219 Å². The summed E-state index contributed by atoms with van der Waals surface area (Å²) in [5, 5.41) is 37.3. The van der Waals surface area contributed by atoms with Crippen molar-refractivity contribution in [3.8, 4) is 0 Å². The van der Waals surface area contributed by atoms with Crippen LogP contribution >= 0.6 is 0 Å². The minimum absolute atomic E-state index is 0.0294. The van der Waals surface area contributed by atoms with Crippen molar-refractivity contribution in [1.82, 2.24) is 15.5 Å². The maximum absolute atomic E-state index is 13.8. The van der Waals surface area contributed by atoms with Gasteiger partial charge in [-0.25, -0.2) is 0 Å². The molecule has 1 rings (SSSR count). The van der Waals surface area contributed by atoms with Gasteiger partial charge in [-0.3, -0.25) is 9.59 Å². The van der Waals surface area contributed by atoms with Gasteiger partial charge in [0.1, 0.15) is 24.4 Å². The Bertz CT molecular complexity index is 863. The Morgan fingerprint density at radius 1 is 0.556 bits per heavy atom. The molecule has 1 saturated heterocycles. The largest absolute Gasteiger partial charge is 0.394 e. The van der Waals surface area contributed by atoms with Crippen LogP contribution in [0, 0.1) is 0 Å². The van der Waals surface area contributed by atoms with Gasteiger partial charge < -0.3 is 35.6 Å². The van der Waals surface area contributed by atoms with Gasteiger partial charge in [-0.1, -0.05) is 200 Å². The smallest absolute Gasteiger partial charge is 0.234 e. The van der Waals surface area contributed by atoms with Crippen LogP contribution < -0.4 is 10.6 Å². The first kappa shape index (κ1) is 50.8. The standard InChI is InChI=1S/C45H89N3O6/c1-4-6-8-10-12-14-16-18-20-22-24-26-28-30-32-34-36-48(45-42(47-40(50)37-46-3)44(53)43(52)39(38-49)54-45)41(51)35-33-31-29-27-25-23-21-19-17-15-13-11-9-7-5-2/h39,42-46,49,52-53H,4-38H2,1-3H3,(H,47,50)/t39-,42-,43-,44-,45-/m1/s1. The molecule has 1 aliphatic rings. The van der Waals surface area contributed by atoms with Gasteiger partial charge in [0.2, 0.25) is 11.8 Å². The fourth-order valence-corrected chi connectivity index (χ4v) is 7.93. The summed E-state index contributed by atoms with van der Waals surface area (Å²) in [5.41, 5.74) is 0. The number of nitrogens with one attached hydrogen (secondary N) is 2. The molecule has 2 amide bonds. The summed E-state index contributed by atoms with van der Waals surface area (Å²) < 4.78 is 6.11. The molecule has 1 heterocycles. The van der Waals surface area contributed by atoms with Gasteiger partial charge in [0, 0.05) is 13.0 Å². The van der Waals surface area contributed by atoms with E-state index in [-0.39, 0.29) is 18.4 Å². The summed E-state index contributed by atoms with van der Waals surface area (Å²) in [7, 11) is 1.66. The molecule has 0 saturated carbocycles.